The number of rotatable bonds is 3. The van der Waals surface area contributed by atoms with E-state index in [1.807, 2.05) is 24.3 Å². The zero-order chi connectivity index (χ0) is 10.5. The lowest BCUT2D eigenvalue weighted by atomic mass is 10.1. The van der Waals surface area contributed by atoms with E-state index < -0.39 is 0 Å². The van der Waals surface area contributed by atoms with E-state index in [0.29, 0.717) is 0 Å². The molecule has 0 fully saturated rings. The summed E-state index contributed by atoms with van der Waals surface area (Å²) in [6.45, 7) is 0. The quantitative estimate of drug-likeness (QED) is 0.563. The van der Waals surface area contributed by atoms with Crippen molar-refractivity contribution in [3.63, 3.8) is 0 Å². The van der Waals surface area contributed by atoms with Crippen molar-refractivity contribution in [3.05, 3.63) is 48.2 Å². The first kappa shape index (κ1) is 9.40. The first-order chi connectivity index (χ1) is 7.40. The van der Waals surface area contributed by atoms with Gasteiger partial charge in [0, 0.05) is 11.6 Å². The van der Waals surface area contributed by atoms with E-state index in [4.69, 9.17) is 4.52 Å². The summed E-state index contributed by atoms with van der Waals surface area (Å²) in [5.74, 6) is 0. The maximum atomic E-state index is 10.1. The standard InChI is InChI=1S/C12H9NO2/c14-8-1-2-10-3-5-11(6-4-10)12-7-9-15-13-12/h1-9H. The zero-order valence-electron chi connectivity index (χ0n) is 7.96. The highest BCUT2D eigenvalue weighted by atomic mass is 16.5. The molecule has 0 aliphatic carbocycles. The predicted octanol–water partition coefficient (Wildman–Crippen LogP) is 2.55. The van der Waals surface area contributed by atoms with E-state index in [0.717, 1.165) is 23.1 Å². The van der Waals surface area contributed by atoms with Crippen molar-refractivity contribution in [1.29, 1.82) is 0 Å². The molecule has 1 heterocycles. The van der Waals surface area contributed by atoms with E-state index in [9.17, 15) is 4.79 Å². The molecular formula is C12H9NO2. The first-order valence-corrected chi connectivity index (χ1v) is 4.53. The molecule has 1 aromatic carbocycles. The van der Waals surface area contributed by atoms with Gasteiger partial charge in [-0.25, -0.2) is 0 Å². The van der Waals surface area contributed by atoms with Gasteiger partial charge in [-0.2, -0.15) is 0 Å². The molecule has 0 aliphatic heterocycles. The minimum absolute atomic E-state index is 0.755. The molecule has 0 saturated heterocycles. The molecule has 0 radical (unpaired) electrons. The van der Waals surface area contributed by atoms with Crippen LogP contribution < -0.4 is 0 Å². The van der Waals surface area contributed by atoms with E-state index in [1.165, 1.54) is 12.3 Å². The van der Waals surface area contributed by atoms with Crippen LogP contribution in [0, 0.1) is 0 Å². The number of carbonyl (C=O) groups excluding carboxylic acids is 1. The van der Waals surface area contributed by atoms with Crippen molar-refractivity contribution in [2.75, 3.05) is 0 Å². The van der Waals surface area contributed by atoms with Crippen molar-refractivity contribution in [1.82, 2.24) is 5.16 Å². The van der Waals surface area contributed by atoms with Crippen molar-refractivity contribution < 1.29 is 9.32 Å². The summed E-state index contributed by atoms with van der Waals surface area (Å²) in [5.41, 5.74) is 2.78. The third kappa shape index (κ3) is 2.20. The topological polar surface area (TPSA) is 43.1 Å². The van der Waals surface area contributed by atoms with Crippen LogP contribution in [0.1, 0.15) is 5.56 Å². The fraction of sp³-hybridized carbons (Fsp3) is 0. The predicted molar refractivity (Wildman–Crippen MR) is 57.0 cm³/mol. The van der Waals surface area contributed by atoms with Gasteiger partial charge in [-0.15, -0.1) is 0 Å². The number of allylic oxidation sites excluding steroid dienone is 1. The van der Waals surface area contributed by atoms with Gasteiger partial charge in [-0.1, -0.05) is 35.5 Å². The molecule has 1 aromatic heterocycles. The number of hydrogen-bond donors (Lipinski definition) is 0. The second kappa shape index (κ2) is 4.37. The monoisotopic (exact) mass is 199 g/mol. The maximum Gasteiger partial charge on any atom is 0.142 e. The lowest BCUT2D eigenvalue weighted by Gasteiger charge is -1.96. The smallest absolute Gasteiger partial charge is 0.142 e. The van der Waals surface area contributed by atoms with Crippen LogP contribution in [0.15, 0.2) is 47.2 Å². The van der Waals surface area contributed by atoms with Crippen LogP contribution >= 0.6 is 0 Å². The van der Waals surface area contributed by atoms with Gasteiger partial charge in [-0.3, -0.25) is 4.79 Å². The number of benzene rings is 1. The summed E-state index contributed by atoms with van der Waals surface area (Å²) in [6, 6.07) is 9.51. The fourth-order valence-corrected chi connectivity index (χ4v) is 1.28. The van der Waals surface area contributed by atoms with Crippen LogP contribution in [0.3, 0.4) is 0 Å². The molecule has 0 spiro atoms. The highest BCUT2D eigenvalue weighted by Gasteiger charge is 1.99. The molecule has 3 nitrogen and oxygen atoms in total. The largest absolute Gasteiger partial charge is 0.364 e. The summed E-state index contributed by atoms with van der Waals surface area (Å²) >= 11 is 0. The summed E-state index contributed by atoms with van der Waals surface area (Å²) in [7, 11) is 0. The Balaban J connectivity index is 2.24. The summed E-state index contributed by atoms with van der Waals surface area (Å²) in [4.78, 5) is 10.1. The zero-order valence-corrected chi connectivity index (χ0v) is 7.96. The van der Waals surface area contributed by atoms with Crippen LogP contribution in [0.4, 0.5) is 0 Å². The minimum Gasteiger partial charge on any atom is -0.364 e. The van der Waals surface area contributed by atoms with Crippen molar-refractivity contribution in [2.24, 2.45) is 0 Å². The number of aldehydes is 1. The SMILES string of the molecule is O=CC=Cc1ccc(-c2ccon2)cc1. The molecule has 3 heteroatoms. The summed E-state index contributed by atoms with van der Waals surface area (Å²) < 4.78 is 4.75. The molecule has 74 valence electrons. The number of aromatic nitrogens is 1. The molecule has 0 N–H and O–H groups in total. The maximum absolute atomic E-state index is 10.1. The normalized spacial score (nSPS) is 10.7. The number of carbonyl (C=O) groups is 1. The fourth-order valence-electron chi connectivity index (χ4n) is 1.28. The van der Waals surface area contributed by atoms with Gasteiger partial charge in [0.15, 0.2) is 0 Å². The van der Waals surface area contributed by atoms with Crippen LogP contribution in [0.2, 0.25) is 0 Å². The van der Waals surface area contributed by atoms with Crippen LogP contribution in [-0.4, -0.2) is 11.4 Å². The number of hydrogen-bond acceptors (Lipinski definition) is 3. The highest BCUT2D eigenvalue weighted by molar-refractivity contribution is 5.74. The molecule has 0 atom stereocenters. The number of nitrogens with zero attached hydrogens (tertiary/aromatic N) is 1. The molecule has 0 unspecified atom stereocenters. The van der Waals surface area contributed by atoms with Gasteiger partial charge in [-0.05, 0) is 11.6 Å². The Morgan fingerprint density at radius 2 is 1.93 bits per heavy atom. The third-order valence-corrected chi connectivity index (χ3v) is 2.01. The molecule has 2 rings (SSSR count). The summed E-state index contributed by atoms with van der Waals surface area (Å²) in [6.07, 6.45) is 5.51. The molecule has 0 aliphatic rings. The minimum atomic E-state index is 0.755. The Morgan fingerprint density at radius 3 is 2.53 bits per heavy atom. The van der Waals surface area contributed by atoms with Gasteiger partial charge < -0.3 is 4.52 Å². The lowest BCUT2D eigenvalue weighted by Crippen LogP contribution is -1.77. The Kier molecular flexibility index (Phi) is 2.74. The lowest BCUT2D eigenvalue weighted by molar-refractivity contribution is -0.104. The van der Waals surface area contributed by atoms with Gasteiger partial charge >= 0.3 is 0 Å². The molecule has 0 saturated carbocycles. The van der Waals surface area contributed by atoms with Gasteiger partial charge in [0.05, 0.1) is 0 Å². The van der Waals surface area contributed by atoms with E-state index in [1.54, 1.807) is 12.1 Å². The van der Waals surface area contributed by atoms with E-state index in [2.05, 4.69) is 5.16 Å². The third-order valence-electron chi connectivity index (χ3n) is 2.01. The van der Waals surface area contributed by atoms with E-state index >= 15 is 0 Å². The van der Waals surface area contributed by atoms with E-state index in [-0.39, 0.29) is 0 Å². The first-order valence-electron chi connectivity index (χ1n) is 4.53. The second-order valence-corrected chi connectivity index (χ2v) is 3.00. The molecule has 15 heavy (non-hydrogen) atoms. The molecular weight excluding hydrogens is 190 g/mol. The average Bonchev–Trinajstić information content (AvgIpc) is 2.80. The highest BCUT2D eigenvalue weighted by Crippen LogP contribution is 2.17. The average molecular weight is 199 g/mol. The van der Waals surface area contributed by atoms with Crippen molar-refractivity contribution in [3.8, 4) is 11.3 Å². The Hall–Kier alpha value is -2.16. The van der Waals surface area contributed by atoms with Gasteiger partial charge in [0.1, 0.15) is 18.2 Å². The molecule has 0 bridgehead atoms. The molecule has 0 amide bonds. The van der Waals surface area contributed by atoms with Crippen LogP contribution in [0.5, 0.6) is 0 Å². The van der Waals surface area contributed by atoms with Crippen LogP contribution in [-0.2, 0) is 4.79 Å². The van der Waals surface area contributed by atoms with Gasteiger partial charge in [0.25, 0.3) is 0 Å². The Bertz CT molecular complexity index is 455. The van der Waals surface area contributed by atoms with Crippen molar-refractivity contribution >= 4 is 12.4 Å². The Labute approximate surface area is 87.0 Å². The van der Waals surface area contributed by atoms with Crippen LogP contribution in [0.25, 0.3) is 17.3 Å². The molecule has 2 aromatic rings. The Morgan fingerprint density at radius 1 is 1.13 bits per heavy atom. The van der Waals surface area contributed by atoms with Gasteiger partial charge in [0.2, 0.25) is 0 Å². The second-order valence-electron chi connectivity index (χ2n) is 3.00. The van der Waals surface area contributed by atoms with Crippen molar-refractivity contribution in [2.45, 2.75) is 0 Å². The summed E-state index contributed by atoms with van der Waals surface area (Å²) in [5, 5.41) is 3.83.